The van der Waals surface area contributed by atoms with Gasteiger partial charge in [0.2, 0.25) is 5.75 Å². The second-order valence-corrected chi connectivity index (χ2v) is 11.8. The Labute approximate surface area is 220 Å². The highest BCUT2D eigenvalue weighted by molar-refractivity contribution is 7.95. The number of ether oxygens (including phenoxy) is 3. The van der Waals surface area contributed by atoms with Gasteiger partial charge in [0.15, 0.2) is 11.5 Å². The van der Waals surface area contributed by atoms with Gasteiger partial charge in [-0.05, 0) is 66.9 Å². The molecule has 4 rings (SSSR count). The number of methoxy groups -OCH3 is 3. The summed E-state index contributed by atoms with van der Waals surface area (Å²) in [4.78, 5) is 0. The Morgan fingerprint density at radius 2 is 0.971 bits per heavy atom. The molecule has 0 aliphatic heterocycles. The van der Waals surface area contributed by atoms with Crippen molar-refractivity contribution in [3.8, 4) is 17.2 Å². The number of rotatable bonds is 10. The molecule has 0 radical (unpaired) electrons. The molecule has 0 bridgehead atoms. The second-order valence-electron chi connectivity index (χ2n) is 8.18. The lowest BCUT2D eigenvalue weighted by Crippen LogP contribution is -3.00. The molecule has 0 heterocycles. The summed E-state index contributed by atoms with van der Waals surface area (Å²) in [7, 11) is 3.14. The maximum Gasteiger partial charge on any atom is 0.203 e. The fourth-order valence-corrected chi connectivity index (χ4v) is 9.03. The zero-order valence-corrected chi connectivity index (χ0v) is 23.0. The van der Waals surface area contributed by atoms with Crippen molar-refractivity contribution in [3.63, 3.8) is 0 Å². The van der Waals surface area contributed by atoms with Gasteiger partial charge in [0.25, 0.3) is 0 Å². The predicted octanol–water partition coefficient (Wildman–Crippen LogP) is 2.64. The molecule has 0 aliphatic rings. The summed E-state index contributed by atoms with van der Waals surface area (Å²) in [5.74, 6) is 2.03. The monoisotopic (exact) mass is 550 g/mol. The number of hydrogen-bond acceptors (Lipinski definition) is 3. The SMILES string of the molecule is COc1cc(CCC[P+](c2ccccc2)(c2ccccc2)c2ccccc2)cc(OC)c1OC.[Br-]. The van der Waals surface area contributed by atoms with E-state index in [4.69, 9.17) is 14.2 Å². The molecule has 0 N–H and O–H groups in total. The lowest BCUT2D eigenvalue weighted by Gasteiger charge is -2.27. The molecular weight excluding hydrogens is 519 g/mol. The van der Waals surface area contributed by atoms with E-state index in [0.717, 1.165) is 19.0 Å². The minimum absolute atomic E-state index is 0. The average Bonchev–Trinajstić information content (AvgIpc) is 2.92. The van der Waals surface area contributed by atoms with Crippen LogP contribution in [0.2, 0.25) is 0 Å². The van der Waals surface area contributed by atoms with Crippen LogP contribution in [-0.2, 0) is 6.42 Å². The Kier molecular flexibility index (Phi) is 9.77. The highest BCUT2D eigenvalue weighted by Crippen LogP contribution is 2.56. The number of aryl methyl sites for hydroxylation is 1. The van der Waals surface area contributed by atoms with Gasteiger partial charge >= 0.3 is 0 Å². The Morgan fingerprint density at radius 3 is 1.31 bits per heavy atom. The van der Waals surface area contributed by atoms with Gasteiger partial charge in [0.05, 0.1) is 27.5 Å². The first-order valence-corrected chi connectivity index (χ1v) is 13.5. The Bertz CT molecular complexity index is 1060. The lowest BCUT2D eigenvalue weighted by atomic mass is 10.1. The van der Waals surface area contributed by atoms with Crippen molar-refractivity contribution < 1.29 is 31.2 Å². The number of hydrogen-bond donors (Lipinski definition) is 0. The Hall–Kier alpha value is -2.81. The van der Waals surface area contributed by atoms with Crippen LogP contribution in [0.25, 0.3) is 0 Å². The van der Waals surface area contributed by atoms with E-state index in [0.29, 0.717) is 17.2 Å². The minimum Gasteiger partial charge on any atom is -1.00 e. The molecule has 0 saturated carbocycles. The quantitative estimate of drug-likeness (QED) is 0.284. The molecule has 0 saturated heterocycles. The van der Waals surface area contributed by atoms with Gasteiger partial charge in [-0.2, -0.15) is 0 Å². The molecule has 0 unspecified atom stereocenters. The summed E-state index contributed by atoms with van der Waals surface area (Å²) in [6, 6.07) is 37.2. The summed E-state index contributed by atoms with van der Waals surface area (Å²) in [6.07, 6.45) is 3.03. The van der Waals surface area contributed by atoms with Crippen LogP contribution in [0, 0.1) is 0 Å². The van der Waals surface area contributed by atoms with Crippen LogP contribution in [-0.4, -0.2) is 27.5 Å². The van der Waals surface area contributed by atoms with Gasteiger partial charge in [0, 0.05) is 0 Å². The molecule has 5 heteroatoms. The standard InChI is InChI=1S/C30H32O3P.BrH/c1-31-28-22-24(23-29(32-2)30(28)33-3)14-13-21-34(25-15-7-4-8-16-25,26-17-9-5-10-18-26)27-19-11-6-12-20-27;/h4-12,15-20,22-23H,13-14,21H2,1-3H3;1H/q+1;/p-1. The second kappa shape index (κ2) is 12.8. The summed E-state index contributed by atoms with van der Waals surface area (Å²) in [5, 5.41) is 4.24. The van der Waals surface area contributed by atoms with Crippen molar-refractivity contribution in [3.05, 3.63) is 109 Å². The minimum atomic E-state index is -1.83. The summed E-state index contributed by atoms with van der Waals surface area (Å²) in [6.45, 7) is 0. The van der Waals surface area contributed by atoms with Gasteiger partial charge in [-0.1, -0.05) is 54.6 Å². The molecule has 0 fully saturated rings. The van der Waals surface area contributed by atoms with E-state index in [2.05, 4.69) is 103 Å². The van der Waals surface area contributed by atoms with E-state index in [1.54, 1.807) is 21.3 Å². The van der Waals surface area contributed by atoms with Crippen molar-refractivity contribution in [2.75, 3.05) is 27.5 Å². The van der Waals surface area contributed by atoms with Crippen LogP contribution >= 0.6 is 7.26 Å². The van der Waals surface area contributed by atoms with Crippen molar-refractivity contribution in [2.24, 2.45) is 0 Å². The molecule has 182 valence electrons. The van der Waals surface area contributed by atoms with E-state index in [-0.39, 0.29) is 17.0 Å². The van der Waals surface area contributed by atoms with Crippen LogP contribution in [0.3, 0.4) is 0 Å². The molecule has 4 aromatic carbocycles. The molecule has 0 aliphatic carbocycles. The molecule has 0 spiro atoms. The Balaban J connectivity index is 0.00000342. The van der Waals surface area contributed by atoms with Gasteiger partial charge < -0.3 is 31.2 Å². The largest absolute Gasteiger partial charge is 1.00 e. The maximum absolute atomic E-state index is 5.58. The highest BCUT2D eigenvalue weighted by Gasteiger charge is 2.44. The van der Waals surface area contributed by atoms with Crippen molar-refractivity contribution in [1.29, 1.82) is 0 Å². The normalized spacial score (nSPS) is 10.8. The molecule has 4 aromatic rings. The molecule has 35 heavy (non-hydrogen) atoms. The first-order valence-electron chi connectivity index (χ1n) is 11.6. The molecule has 0 amide bonds. The summed E-state index contributed by atoms with van der Waals surface area (Å²) in [5.41, 5.74) is 1.18. The third-order valence-electron chi connectivity index (χ3n) is 6.27. The predicted molar refractivity (Wildman–Crippen MR) is 144 cm³/mol. The van der Waals surface area contributed by atoms with Gasteiger partial charge in [-0.15, -0.1) is 0 Å². The van der Waals surface area contributed by atoms with Crippen molar-refractivity contribution >= 4 is 23.2 Å². The van der Waals surface area contributed by atoms with Crippen molar-refractivity contribution in [1.82, 2.24) is 0 Å². The fraction of sp³-hybridized carbons (Fsp3) is 0.200. The van der Waals surface area contributed by atoms with E-state index in [9.17, 15) is 0 Å². The molecule has 0 atom stereocenters. The third-order valence-corrected chi connectivity index (χ3v) is 10.8. The van der Waals surface area contributed by atoms with Gasteiger partial charge in [-0.3, -0.25) is 0 Å². The molecule has 0 aromatic heterocycles. The Morgan fingerprint density at radius 1 is 0.571 bits per heavy atom. The van der Waals surface area contributed by atoms with E-state index in [1.807, 2.05) is 0 Å². The maximum atomic E-state index is 5.58. The van der Waals surface area contributed by atoms with Crippen LogP contribution in [0.15, 0.2) is 103 Å². The van der Waals surface area contributed by atoms with E-state index < -0.39 is 7.26 Å². The molecule has 3 nitrogen and oxygen atoms in total. The lowest BCUT2D eigenvalue weighted by molar-refractivity contribution is -0.00000751. The van der Waals surface area contributed by atoms with Crippen LogP contribution in [0.1, 0.15) is 12.0 Å². The highest BCUT2D eigenvalue weighted by atomic mass is 79.9. The average molecular weight is 551 g/mol. The first-order chi connectivity index (χ1) is 16.7. The van der Waals surface area contributed by atoms with Gasteiger partial charge in [-0.25, -0.2) is 0 Å². The third kappa shape index (κ3) is 5.72. The van der Waals surface area contributed by atoms with Crippen LogP contribution in [0.4, 0.5) is 0 Å². The van der Waals surface area contributed by atoms with E-state index in [1.165, 1.54) is 21.5 Å². The van der Waals surface area contributed by atoms with E-state index >= 15 is 0 Å². The zero-order chi connectivity index (χ0) is 23.8. The zero-order valence-electron chi connectivity index (χ0n) is 20.5. The summed E-state index contributed by atoms with van der Waals surface area (Å²) >= 11 is 0. The van der Waals surface area contributed by atoms with Crippen LogP contribution in [0.5, 0.6) is 17.2 Å². The fourth-order valence-electron chi connectivity index (χ4n) is 4.68. The topological polar surface area (TPSA) is 27.7 Å². The smallest absolute Gasteiger partial charge is 0.203 e. The first kappa shape index (κ1) is 26.8. The van der Waals surface area contributed by atoms with Crippen LogP contribution < -0.4 is 47.1 Å². The summed E-state index contributed by atoms with van der Waals surface area (Å²) < 4.78 is 16.7. The van der Waals surface area contributed by atoms with Crippen molar-refractivity contribution in [2.45, 2.75) is 12.8 Å². The van der Waals surface area contributed by atoms with Gasteiger partial charge in [0.1, 0.15) is 23.2 Å². The number of benzene rings is 4. The number of halogens is 1. The molecular formula is C30H32BrO3P.